The summed E-state index contributed by atoms with van der Waals surface area (Å²) in [5.74, 6) is -1.34. The molecule has 0 amide bonds. The highest BCUT2D eigenvalue weighted by Gasteiger charge is 2.31. The number of hydrogen-bond acceptors (Lipinski definition) is 3. The predicted octanol–water partition coefficient (Wildman–Crippen LogP) is 2.72. The molecule has 0 unspecified atom stereocenters. The lowest BCUT2D eigenvalue weighted by Gasteiger charge is -2.20. The van der Waals surface area contributed by atoms with Crippen LogP contribution in [0.3, 0.4) is 0 Å². The number of rotatable bonds is 3. The van der Waals surface area contributed by atoms with Gasteiger partial charge >= 0.3 is 0 Å². The lowest BCUT2D eigenvalue weighted by molar-refractivity contribution is 0.0688. The average molecular weight is 294 g/mol. The van der Waals surface area contributed by atoms with Crippen LogP contribution in [-0.4, -0.2) is 36.0 Å². The van der Waals surface area contributed by atoms with Crippen LogP contribution < -0.4 is 0 Å². The fourth-order valence-electron chi connectivity index (χ4n) is 2.62. The number of hydrogen-bond donors (Lipinski definition) is 0. The van der Waals surface area contributed by atoms with Crippen LogP contribution in [0.2, 0.25) is 0 Å². The Labute approximate surface area is 121 Å². The molecule has 6 heteroatoms. The van der Waals surface area contributed by atoms with Crippen LogP contribution >= 0.6 is 0 Å². The lowest BCUT2D eigenvalue weighted by Crippen LogP contribution is -2.24. The van der Waals surface area contributed by atoms with Gasteiger partial charge in [-0.15, -0.1) is 0 Å². The van der Waals surface area contributed by atoms with Crippen molar-refractivity contribution in [3.05, 3.63) is 41.7 Å². The van der Waals surface area contributed by atoms with E-state index in [4.69, 9.17) is 9.47 Å². The second kappa shape index (κ2) is 5.54. The Balaban J connectivity index is 2.05. The highest BCUT2D eigenvalue weighted by molar-refractivity contribution is 5.57. The number of benzene rings is 1. The Morgan fingerprint density at radius 3 is 2.86 bits per heavy atom. The largest absolute Gasteiger partial charge is 0.377 e. The number of methoxy groups -OCH3 is 1. The number of aryl methyl sites for hydroxylation is 1. The molecular formula is C15H16F2N2O2. The molecule has 1 saturated heterocycles. The van der Waals surface area contributed by atoms with Crippen molar-refractivity contribution in [3.63, 3.8) is 0 Å². The topological polar surface area (TPSA) is 36.3 Å². The monoisotopic (exact) mass is 294 g/mol. The predicted molar refractivity (Wildman–Crippen MR) is 73.0 cm³/mol. The van der Waals surface area contributed by atoms with Crippen LogP contribution in [0.5, 0.6) is 0 Å². The lowest BCUT2D eigenvalue weighted by atomic mass is 10.1. The van der Waals surface area contributed by atoms with Crippen molar-refractivity contribution in [1.29, 1.82) is 0 Å². The summed E-state index contributed by atoms with van der Waals surface area (Å²) in [4.78, 5) is 4.18. The molecule has 1 aliphatic rings. The number of imidazole rings is 1. The molecule has 1 aromatic carbocycles. The summed E-state index contributed by atoms with van der Waals surface area (Å²) < 4.78 is 40.5. The van der Waals surface area contributed by atoms with E-state index in [2.05, 4.69) is 4.98 Å². The van der Waals surface area contributed by atoms with Crippen LogP contribution in [-0.2, 0) is 9.47 Å². The van der Waals surface area contributed by atoms with Crippen molar-refractivity contribution in [3.8, 4) is 11.4 Å². The Morgan fingerprint density at radius 2 is 2.10 bits per heavy atom. The minimum absolute atomic E-state index is 0.101. The summed E-state index contributed by atoms with van der Waals surface area (Å²) in [6.07, 6.45) is 3.17. The number of ether oxygens (including phenoxy) is 2. The van der Waals surface area contributed by atoms with Crippen LogP contribution in [0.1, 0.15) is 11.6 Å². The Hall–Kier alpha value is -1.79. The maximum absolute atomic E-state index is 14.2. The molecule has 2 atom stereocenters. The maximum atomic E-state index is 14.2. The molecule has 0 N–H and O–H groups in total. The van der Waals surface area contributed by atoms with Crippen molar-refractivity contribution in [1.82, 2.24) is 9.55 Å². The molecule has 4 nitrogen and oxygen atoms in total. The van der Waals surface area contributed by atoms with Gasteiger partial charge in [-0.25, -0.2) is 13.8 Å². The quantitative estimate of drug-likeness (QED) is 0.873. The molecule has 1 aliphatic heterocycles. The molecule has 2 heterocycles. The first-order valence-corrected chi connectivity index (χ1v) is 6.71. The third-order valence-electron chi connectivity index (χ3n) is 3.84. The van der Waals surface area contributed by atoms with Crippen molar-refractivity contribution in [2.75, 3.05) is 20.3 Å². The second-order valence-electron chi connectivity index (χ2n) is 5.10. The van der Waals surface area contributed by atoms with Crippen molar-refractivity contribution < 1.29 is 18.3 Å². The van der Waals surface area contributed by atoms with Gasteiger partial charge in [0.1, 0.15) is 11.9 Å². The zero-order valence-electron chi connectivity index (χ0n) is 11.8. The van der Waals surface area contributed by atoms with Gasteiger partial charge in [-0.3, -0.25) is 0 Å². The van der Waals surface area contributed by atoms with Gasteiger partial charge in [-0.1, -0.05) is 6.07 Å². The Morgan fingerprint density at radius 1 is 1.29 bits per heavy atom. The fraction of sp³-hybridized carbons (Fsp3) is 0.400. The van der Waals surface area contributed by atoms with E-state index in [0.717, 1.165) is 0 Å². The molecule has 21 heavy (non-hydrogen) atoms. The van der Waals surface area contributed by atoms with Gasteiger partial charge in [0.05, 0.1) is 24.8 Å². The van der Waals surface area contributed by atoms with Gasteiger partial charge in [0.15, 0.2) is 11.6 Å². The number of halogens is 2. The maximum Gasteiger partial charge on any atom is 0.170 e. The normalized spacial score (nSPS) is 21.9. The molecule has 0 spiro atoms. The summed E-state index contributed by atoms with van der Waals surface area (Å²) in [5, 5.41) is 0. The molecule has 0 radical (unpaired) electrons. The van der Waals surface area contributed by atoms with Crippen LogP contribution in [0, 0.1) is 18.6 Å². The minimum Gasteiger partial charge on any atom is -0.377 e. The summed E-state index contributed by atoms with van der Waals surface area (Å²) in [5.41, 5.74) is 0.415. The molecule has 112 valence electrons. The van der Waals surface area contributed by atoms with Gasteiger partial charge < -0.3 is 14.0 Å². The van der Waals surface area contributed by atoms with Crippen molar-refractivity contribution >= 4 is 0 Å². The SMILES string of the molecule is CO[C@H]1COC[C@H]1n1ccnc1-c1ccc(C)c(F)c1F. The zero-order valence-corrected chi connectivity index (χ0v) is 11.8. The Kier molecular flexibility index (Phi) is 3.73. The van der Waals surface area contributed by atoms with E-state index in [1.807, 2.05) is 0 Å². The van der Waals surface area contributed by atoms with Gasteiger partial charge in [0.2, 0.25) is 0 Å². The molecule has 2 aromatic rings. The van der Waals surface area contributed by atoms with E-state index in [9.17, 15) is 8.78 Å². The van der Waals surface area contributed by atoms with E-state index >= 15 is 0 Å². The first-order chi connectivity index (χ1) is 10.1. The van der Waals surface area contributed by atoms with Crippen LogP contribution in [0.15, 0.2) is 24.5 Å². The summed E-state index contributed by atoms with van der Waals surface area (Å²) in [6.45, 7) is 2.46. The van der Waals surface area contributed by atoms with Gasteiger partial charge in [0, 0.05) is 19.5 Å². The van der Waals surface area contributed by atoms with E-state index in [1.165, 1.54) is 6.92 Å². The van der Waals surface area contributed by atoms with Crippen LogP contribution in [0.25, 0.3) is 11.4 Å². The summed E-state index contributed by atoms with van der Waals surface area (Å²) >= 11 is 0. The smallest absolute Gasteiger partial charge is 0.170 e. The molecule has 3 rings (SSSR count). The van der Waals surface area contributed by atoms with Crippen LogP contribution in [0.4, 0.5) is 8.78 Å². The van der Waals surface area contributed by atoms with Gasteiger partial charge in [-0.05, 0) is 18.6 Å². The fourth-order valence-corrected chi connectivity index (χ4v) is 2.62. The van der Waals surface area contributed by atoms with E-state index in [-0.39, 0.29) is 23.3 Å². The molecule has 1 fully saturated rings. The average Bonchev–Trinajstić information content (AvgIpc) is 3.12. The second-order valence-corrected chi connectivity index (χ2v) is 5.10. The highest BCUT2D eigenvalue weighted by Crippen LogP contribution is 2.30. The third kappa shape index (κ3) is 2.34. The summed E-state index contributed by atoms with van der Waals surface area (Å²) in [7, 11) is 1.61. The Bertz CT molecular complexity index is 657. The van der Waals surface area contributed by atoms with Crippen molar-refractivity contribution in [2.45, 2.75) is 19.1 Å². The number of aromatic nitrogens is 2. The number of nitrogens with zero attached hydrogens (tertiary/aromatic N) is 2. The van der Waals surface area contributed by atoms with E-state index in [1.54, 1.807) is 36.2 Å². The van der Waals surface area contributed by atoms with Gasteiger partial charge in [0.25, 0.3) is 0 Å². The highest BCUT2D eigenvalue weighted by atomic mass is 19.2. The van der Waals surface area contributed by atoms with Gasteiger partial charge in [-0.2, -0.15) is 0 Å². The third-order valence-corrected chi connectivity index (χ3v) is 3.84. The van der Waals surface area contributed by atoms with Crippen molar-refractivity contribution in [2.24, 2.45) is 0 Å². The molecule has 0 saturated carbocycles. The molecule has 0 aliphatic carbocycles. The zero-order chi connectivity index (χ0) is 15.0. The minimum atomic E-state index is -0.879. The van der Waals surface area contributed by atoms with E-state index in [0.29, 0.717) is 19.0 Å². The first-order valence-electron chi connectivity index (χ1n) is 6.71. The summed E-state index contributed by atoms with van der Waals surface area (Å²) in [6, 6.07) is 2.99. The first kappa shape index (κ1) is 14.2. The molecular weight excluding hydrogens is 278 g/mol. The van der Waals surface area contributed by atoms with E-state index < -0.39 is 11.6 Å². The standard InChI is InChI=1S/C15H16F2N2O2/c1-9-3-4-10(14(17)13(9)16)15-18-5-6-19(15)11-7-21-8-12(11)20-2/h3-6,11-12H,7-8H2,1-2H3/t11-,12+/m1/s1. The molecule has 0 bridgehead atoms. The molecule has 1 aromatic heterocycles.